The van der Waals surface area contributed by atoms with Crippen molar-refractivity contribution in [3.05, 3.63) is 11.9 Å². The molecule has 0 aliphatic rings. The van der Waals surface area contributed by atoms with Crippen LogP contribution in [-0.2, 0) is 0 Å². The van der Waals surface area contributed by atoms with E-state index in [1.807, 2.05) is 14.1 Å². The first-order valence-electron chi connectivity index (χ1n) is 4.90. The van der Waals surface area contributed by atoms with Crippen molar-refractivity contribution in [3.8, 4) is 0 Å². The van der Waals surface area contributed by atoms with Gasteiger partial charge in [-0.2, -0.15) is 0 Å². The number of hydrogen-bond acceptors (Lipinski definition) is 3. The van der Waals surface area contributed by atoms with Crippen molar-refractivity contribution in [2.75, 3.05) is 20.6 Å². The Kier molecular flexibility index (Phi) is 6.41. The van der Waals surface area contributed by atoms with Crippen molar-refractivity contribution >= 4 is 0 Å². The van der Waals surface area contributed by atoms with Crippen LogP contribution < -0.4 is 16.0 Å². The first-order chi connectivity index (χ1) is 6.10. The number of rotatable bonds is 6. The first-order valence-corrected chi connectivity index (χ1v) is 4.90. The molecule has 0 aliphatic carbocycles. The van der Waals surface area contributed by atoms with Crippen LogP contribution in [0.3, 0.4) is 0 Å². The quantitative estimate of drug-likeness (QED) is 0.575. The van der Waals surface area contributed by atoms with Crippen LogP contribution in [-0.4, -0.2) is 26.7 Å². The fourth-order valence-electron chi connectivity index (χ4n) is 1.18. The van der Waals surface area contributed by atoms with Crippen molar-refractivity contribution in [1.29, 1.82) is 0 Å². The SMILES string of the molecule is CNCC(C)/C=C(\NC)NC(C)C. The lowest BCUT2D eigenvalue weighted by Crippen LogP contribution is -2.30. The second kappa shape index (κ2) is 6.78. The van der Waals surface area contributed by atoms with E-state index in [-0.39, 0.29) is 0 Å². The third-order valence-electron chi connectivity index (χ3n) is 1.69. The maximum Gasteiger partial charge on any atom is 0.0947 e. The van der Waals surface area contributed by atoms with Crippen LogP contribution in [0.25, 0.3) is 0 Å². The summed E-state index contributed by atoms with van der Waals surface area (Å²) in [5, 5.41) is 9.64. The summed E-state index contributed by atoms with van der Waals surface area (Å²) in [5.41, 5.74) is 0. The molecule has 1 atom stereocenters. The molecule has 0 rings (SSSR count). The number of nitrogens with one attached hydrogen (secondary N) is 3. The molecular formula is C10H23N3. The molecule has 0 saturated heterocycles. The van der Waals surface area contributed by atoms with Gasteiger partial charge in [0.15, 0.2) is 0 Å². The van der Waals surface area contributed by atoms with Crippen LogP contribution in [0.1, 0.15) is 20.8 Å². The van der Waals surface area contributed by atoms with Gasteiger partial charge in [0.2, 0.25) is 0 Å². The predicted molar refractivity (Wildman–Crippen MR) is 58.5 cm³/mol. The molecule has 0 aromatic heterocycles. The fourth-order valence-corrected chi connectivity index (χ4v) is 1.18. The molecule has 0 aliphatic heterocycles. The molecule has 1 unspecified atom stereocenters. The van der Waals surface area contributed by atoms with E-state index >= 15 is 0 Å². The summed E-state index contributed by atoms with van der Waals surface area (Å²) in [6, 6.07) is 0.473. The summed E-state index contributed by atoms with van der Waals surface area (Å²) in [5.74, 6) is 1.65. The lowest BCUT2D eigenvalue weighted by Gasteiger charge is -2.15. The molecule has 3 nitrogen and oxygen atoms in total. The van der Waals surface area contributed by atoms with E-state index in [2.05, 4.69) is 42.8 Å². The maximum absolute atomic E-state index is 3.34. The molecule has 3 N–H and O–H groups in total. The van der Waals surface area contributed by atoms with E-state index in [1.54, 1.807) is 0 Å². The third-order valence-corrected chi connectivity index (χ3v) is 1.69. The van der Waals surface area contributed by atoms with Crippen molar-refractivity contribution in [1.82, 2.24) is 16.0 Å². The van der Waals surface area contributed by atoms with Crippen LogP contribution in [0, 0.1) is 5.92 Å². The highest BCUT2D eigenvalue weighted by Gasteiger charge is 2.00. The highest BCUT2D eigenvalue weighted by atomic mass is 15.1. The minimum Gasteiger partial charge on any atom is -0.375 e. The lowest BCUT2D eigenvalue weighted by atomic mass is 10.1. The van der Waals surface area contributed by atoms with E-state index in [0.29, 0.717) is 12.0 Å². The molecule has 78 valence electrons. The maximum atomic E-state index is 3.34. The molecule has 0 spiro atoms. The molecule has 0 fully saturated rings. The molecule has 0 bridgehead atoms. The van der Waals surface area contributed by atoms with Crippen molar-refractivity contribution in [2.24, 2.45) is 5.92 Å². The summed E-state index contributed by atoms with van der Waals surface area (Å²) in [6.45, 7) is 7.46. The van der Waals surface area contributed by atoms with Crippen LogP contribution >= 0.6 is 0 Å². The standard InChI is InChI=1S/C10H23N3/c1-8(2)13-10(12-5)6-9(3)7-11-4/h6,8-9,11-13H,7H2,1-5H3/b10-6+. The van der Waals surface area contributed by atoms with Gasteiger partial charge < -0.3 is 16.0 Å². The van der Waals surface area contributed by atoms with Gasteiger partial charge in [0.1, 0.15) is 0 Å². The van der Waals surface area contributed by atoms with Gasteiger partial charge in [-0.25, -0.2) is 0 Å². The van der Waals surface area contributed by atoms with E-state index in [1.165, 1.54) is 0 Å². The number of hydrogen-bond donors (Lipinski definition) is 3. The molecule has 0 heterocycles. The van der Waals surface area contributed by atoms with E-state index < -0.39 is 0 Å². The zero-order chi connectivity index (χ0) is 10.3. The lowest BCUT2D eigenvalue weighted by molar-refractivity contribution is 0.596. The molecular weight excluding hydrogens is 162 g/mol. The highest BCUT2D eigenvalue weighted by molar-refractivity contribution is 5.00. The van der Waals surface area contributed by atoms with Gasteiger partial charge in [-0.05, 0) is 32.9 Å². The molecule has 0 aromatic carbocycles. The van der Waals surface area contributed by atoms with Gasteiger partial charge in [-0.1, -0.05) is 6.92 Å². The summed E-state index contributed by atoms with van der Waals surface area (Å²) >= 11 is 0. The Morgan fingerprint density at radius 1 is 1.23 bits per heavy atom. The van der Waals surface area contributed by atoms with E-state index in [9.17, 15) is 0 Å². The fraction of sp³-hybridized carbons (Fsp3) is 0.800. The van der Waals surface area contributed by atoms with Gasteiger partial charge in [-0.15, -0.1) is 0 Å². The van der Waals surface area contributed by atoms with Gasteiger partial charge in [-0.3, -0.25) is 0 Å². The second-order valence-corrected chi connectivity index (χ2v) is 3.66. The Morgan fingerprint density at radius 2 is 1.85 bits per heavy atom. The third kappa shape index (κ3) is 6.46. The largest absolute Gasteiger partial charge is 0.375 e. The van der Waals surface area contributed by atoms with E-state index in [0.717, 1.165) is 12.4 Å². The summed E-state index contributed by atoms with van der Waals surface area (Å²) < 4.78 is 0. The Morgan fingerprint density at radius 3 is 2.23 bits per heavy atom. The summed E-state index contributed by atoms with van der Waals surface area (Å²) in [4.78, 5) is 0. The second-order valence-electron chi connectivity index (χ2n) is 3.66. The molecule has 0 saturated carbocycles. The smallest absolute Gasteiger partial charge is 0.0947 e. The van der Waals surface area contributed by atoms with Gasteiger partial charge >= 0.3 is 0 Å². The molecule has 0 amide bonds. The van der Waals surface area contributed by atoms with Crippen LogP contribution in [0.4, 0.5) is 0 Å². The average Bonchev–Trinajstić information content (AvgIpc) is 2.02. The van der Waals surface area contributed by atoms with Crippen LogP contribution in [0.15, 0.2) is 11.9 Å². The van der Waals surface area contributed by atoms with E-state index in [4.69, 9.17) is 0 Å². The van der Waals surface area contributed by atoms with Gasteiger partial charge in [0.25, 0.3) is 0 Å². The minimum atomic E-state index is 0.473. The van der Waals surface area contributed by atoms with Crippen molar-refractivity contribution in [2.45, 2.75) is 26.8 Å². The Hall–Kier alpha value is -0.700. The first kappa shape index (κ1) is 12.3. The topological polar surface area (TPSA) is 36.1 Å². The Labute approximate surface area is 82.0 Å². The van der Waals surface area contributed by atoms with Crippen LogP contribution in [0.2, 0.25) is 0 Å². The molecule has 0 radical (unpaired) electrons. The normalized spacial score (nSPS) is 14.5. The van der Waals surface area contributed by atoms with Crippen LogP contribution in [0.5, 0.6) is 0 Å². The minimum absolute atomic E-state index is 0.473. The molecule has 0 aromatic rings. The Bertz CT molecular complexity index is 152. The monoisotopic (exact) mass is 185 g/mol. The van der Waals surface area contributed by atoms with Gasteiger partial charge in [0.05, 0.1) is 5.82 Å². The predicted octanol–water partition coefficient (Wildman–Crippen LogP) is 0.901. The van der Waals surface area contributed by atoms with Gasteiger partial charge in [0, 0.05) is 19.6 Å². The molecule has 13 heavy (non-hydrogen) atoms. The zero-order valence-corrected chi connectivity index (χ0v) is 9.44. The zero-order valence-electron chi connectivity index (χ0n) is 9.44. The van der Waals surface area contributed by atoms with Crippen molar-refractivity contribution < 1.29 is 0 Å². The summed E-state index contributed by atoms with van der Waals surface area (Å²) in [6.07, 6.45) is 2.20. The summed E-state index contributed by atoms with van der Waals surface area (Å²) in [7, 11) is 3.91. The highest BCUT2D eigenvalue weighted by Crippen LogP contribution is 1.98. The average molecular weight is 185 g/mol. The van der Waals surface area contributed by atoms with Crippen molar-refractivity contribution in [3.63, 3.8) is 0 Å². The molecule has 3 heteroatoms. The Balaban J connectivity index is 4.03.